The molecule has 0 saturated heterocycles. The van der Waals surface area contributed by atoms with Crippen LogP contribution in [0.1, 0.15) is 24.9 Å². The van der Waals surface area contributed by atoms with E-state index in [2.05, 4.69) is 40.3 Å². The molecule has 0 bridgehead atoms. The fourth-order valence-corrected chi connectivity index (χ4v) is 1.52. The van der Waals surface area contributed by atoms with E-state index in [1.165, 1.54) is 5.56 Å². The molecule has 0 saturated carbocycles. The summed E-state index contributed by atoms with van der Waals surface area (Å²) in [5.41, 5.74) is 1.23. The lowest BCUT2D eigenvalue weighted by atomic mass is 10.1. The normalized spacial score (nSPS) is 12.8. The molecule has 1 N–H and O–H groups in total. The lowest BCUT2D eigenvalue weighted by molar-refractivity contribution is 0.446. The van der Waals surface area contributed by atoms with Crippen molar-refractivity contribution in [3.63, 3.8) is 0 Å². The summed E-state index contributed by atoms with van der Waals surface area (Å²) >= 11 is 3.39. The summed E-state index contributed by atoms with van der Waals surface area (Å²) in [4.78, 5) is 0. The Balaban J connectivity index is 2.43. The van der Waals surface area contributed by atoms with Gasteiger partial charge in [-0.3, -0.25) is 4.39 Å². The molecule has 0 fully saturated rings. The Bertz CT molecular complexity index is 260. The second kappa shape index (κ2) is 6.14. The van der Waals surface area contributed by atoms with Gasteiger partial charge < -0.3 is 5.32 Å². The van der Waals surface area contributed by atoms with Crippen molar-refractivity contribution >= 4 is 15.9 Å². The molecule has 0 heterocycles. The number of hydrogen-bond donors (Lipinski definition) is 1. The van der Waals surface area contributed by atoms with Crippen molar-refractivity contribution in [2.45, 2.75) is 19.4 Å². The van der Waals surface area contributed by atoms with E-state index < -0.39 is 0 Å². The van der Waals surface area contributed by atoms with E-state index in [1.54, 1.807) is 0 Å². The van der Waals surface area contributed by atoms with Gasteiger partial charge in [-0.2, -0.15) is 0 Å². The molecular formula is C11H15BrFN. The van der Waals surface area contributed by atoms with Gasteiger partial charge in [-0.25, -0.2) is 0 Å². The largest absolute Gasteiger partial charge is 0.310 e. The van der Waals surface area contributed by atoms with E-state index in [4.69, 9.17) is 0 Å². The number of rotatable bonds is 5. The first-order valence-corrected chi connectivity index (χ1v) is 5.58. The lowest BCUT2D eigenvalue weighted by Gasteiger charge is -2.13. The van der Waals surface area contributed by atoms with Crippen LogP contribution in [0.2, 0.25) is 0 Å². The standard InChI is InChI=1S/C11H15BrFN/c1-9(14-8-2-7-13)10-3-5-11(12)6-4-10/h3-6,9,14H,2,7-8H2,1H3/t9-/m0/s1. The number of nitrogens with one attached hydrogen (secondary N) is 1. The van der Waals surface area contributed by atoms with Crippen LogP contribution in [-0.4, -0.2) is 13.2 Å². The fourth-order valence-electron chi connectivity index (χ4n) is 1.25. The van der Waals surface area contributed by atoms with Crippen molar-refractivity contribution in [1.82, 2.24) is 5.32 Å². The highest BCUT2D eigenvalue weighted by Gasteiger charge is 2.03. The molecule has 0 aliphatic rings. The third-order valence-corrected chi connectivity index (χ3v) is 2.66. The number of hydrogen-bond acceptors (Lipinski definition) is 1. The summed E-state index contributed by atoms with van der Waals surface area (Å²) in [6.45, 7) is 2.56. The van der Waals surface area contributed by atoms with Crippen LogP contribution < -0.4 is 5.32 Å². The average Bonchev–Trinajstić information content (AvgIpc) is 2.19. The third kappa shape index (κ3) is 3.76. The smallest absolute Gasteiger partial charge is 0.0906 e. The van der Waals surface area contributed by atoms with Crippen LogP contribution in [0.3, 0.4) is 0 Å². The minimum absolute atomic E-state index is 0.250. The summed E-state index contributed by atoms with van der Waals surface area (Å²) in [5, 5.41) is 3.26. The first-order valence-electron chi connectivity index (χ1n) is 4.79. The van der Waals surface area contributed by atoms with Crippen LogP contribution in [0.15, 0.2) is 28.7 Å². The molecule has 1 aromatic rings. The van der Waals surface area contributed by atoms with E-state index in [-0.39, 0.29) is 12.7 Å². The number of benzene rings is 1. The van der Waals surface area contributed by atoms with Crippen molar-refractivity contribution in [1.29, 1.82) is 0 Å². The van der Waals surface area contributed by atoms with Crippen molar-refractivity contribution in [3.05, 3.63) is 34.3 Å². The van der Waals surface area contributed by atoms with Gasteiger partial charge in [0.1, 0.15) is 0 Å². The van der Waals surface area contributed by atoms with Gasteiger partial charge in [0.05, 0.1) is 6.67 Å². The Labute approximate surface area is 92.8 Å². The fraction of sp³-hybridized carbons (Fsp3) is 0.455. The zero-order valence-corrected chi connectivity index (χ0v) is 9.85. The SMILES string of the molecule is C[C@H](NCCCF)c1ccc(Br)cc1. The molecule has 0 unspecified atom stereocenters. The summed E-state index contributed by atoms with van der Waals surface area (Å²) < 4.78 is 12.9. The van der Waals surface area contributed by atoms with Gasteiger partial charge in [0.2, 0.25) is 0 Å². The summed E-state index contributed by atoms with van der Waals surface area (Å²) in [6.07, 6.45) is 0.584. The molecule has 3 heteroatoms. The topological polar surface area (TPSA) is 12.0 Å². The third-order valence-electron chi connectivity index (χ3n) is 2.13. The van der Waals surface area contributed by atoms with Crippen molar-refractivity contribution < 1.29 is 4.39 Å². The maximum absolute atomic E-state index is 11.9. The maximum Gasteiger partial charge on any atom is 0.0906 e. The van der Waals surface area contributed by atoms with Gasteiger partial charge in [-0.15, -0.1) is 0 Å². The van der Waals surface area contributed by atoms with Crippen LogP contribution in [0.4, 0.5) is 4.39 Å². The quantitative estimate of drug-likeness (QED) is 0.799. The predicted molar refractivity (Wildman–Crippen MR) is 61.2 cm³/mol. The predicted octanol–water partition coefficient (Wildman–Crippen LogP) is 3.46. The Kier molecular flexibility index (Phi) is 5.12. The van der Waals surface area contributed by atoms with Gasteiger partial charge in [-0.1, -0.05) is 28.1 Å². The molecular weight excluding hydrogens is 245 g/mol. The van der Waals surface area contributed by atoms with Crippen molar-refractivity contribution in [3.8, 4) is 0 Å². The van der Waals surface area contributed by atoms with Gasteiger partial charge in [0, 0.05) is 10.5 Å². The van der Waals surface area contributed by atoms with Gasteiger partial charge in [-0.05, 0) is 37.6 Å². The van der Waals surface area contributed by atoms with Gasteiger partial charge in [0.15, 0.2) is 0 Å². The Morgan fingerprint density at radius 1 is 1.36 bits per heavy atom. The molecule has 1 aromatic carbocycles. The molecule has 0 amide bonds. The molecule has 0 aliphatic carbocycles. The second-order valence-corrected chi connectivity index (χ2v) is 4.19. The molecule has 0 spiro atoms. The van der Waals surface area contributed by atoms with Crippen LogP contribution in [-0.2, 0) is 0 Å². The summed E-state index contributed by atoms with van der Waals surface area (Å²) in [7, 11) is 0. The lowest BCUT2D eigenvalue weighted by Crippen LogP contribution is -2.20. The molecule has 78 valence electrons. The van der Waals surface area contributed by atoms with E-state index in [0.717, 1.165) is 11.0 Å². The Hall–Kier alpha value is -0.410. The van der Waals surface area contributed by atoms with E-state index in [9.17, 15) is 4.39 Å². The van der Waals surface area contributed by atoms with Crippen LogP contribution in [0.5, 0.6) is 0 Å². The highest BCUT2D eigenvalue weighted by molar-refractivity contribution is 9.10. The molecule has 0 aliphatic heterocycles. The summed E-state index contributed by atoms with van der Waals surface area (Å²) in [5.74, 6) is 0. The van der Waals surface area contributed by atoms with Crippen LogP contribution >= 0.6 is 15.9 Å². The number of alkyl halides is 1. The molecule has 0 aromatic heterocycles. The minimum Gasteiger partial charge on any atom is -0.310 e. The zero-order valence-electron chi connectivity index (χ0n) is 8.26. The average molecular weight is 260 g/mol. The molecule has 1 rings (SSSR count). The molecule has 0 radical (unpaired) electrons. The molecule has 1 atom stereocenters. The maximum atomic E-state index is 11.9. The highest BCUT2D eigenvalue weighted by Crippen LogP contribution is 2.16. The Morgan fingerprint density at radius 3 is 2.57 bits per heavy atom. The van der Waals surface area contributed by atoms with E-state index in [1.807, 2.05) is 12.1 Å². The zero-order chi connectivity index (χ0) is 10.4. The molecule has 14 heavy (non-hydrogen) atoms. The highest BCUT2D eigenvalue weighted by atomic mass is 79.9. The van der Waals surface area contributed by atoms with Crippen LogP contribution in [0, 0.1) is 0 Å². The second-order valence-electron chi connectivity index (χ2n) is 3.27. The number of halogens is 2. The van der Waals surface area contributed by atoms with E-state index in [0.29, 0.717) is 6.42 Å². The van der Waals surface area contributed by atoms with Gasteiger partial charge in [0.25, 0.3) is 0 Å². The van der Waals surface area contributed by atoms with Crippen LogP contribution in [0.25, 0.3) is 0 Å². The van der Waals surface area contributed by atoms with Crippen molar-refractivity contribution in [2.75, 3.05) is 13.2 Å². The molecule has 1 nitrogen and oxygen atoms in total. The first-order chi connectivity index (χ1) is 6.74. The summed E-state index contributed by atoms with van der Waals surface area (Å²) in [6, 6.07) is 8.45. The monoisotopic (exact) mass is 259 g/mol. The Morgan fingerprint density at radius 2 is 2.00 bits per heavy atom. The van der Waals surface area contributed by atoms with Crippen molar-refractivity contribution in [2.24, 2.45) is 0 Å². The first kappa shape index (κ1) is 11.7. The minimum atomic E-state index is -0.250. The van der Waals surface area contributed by atoms with E-state index >= 15 is 0 Å². The van der Waals surface area contributed by atoms with Gasteiger partial charge >= 0.3 is 0 Å².